The van der Waals surface area contributed by atoms with Crippen LogP contribution in [-0.2, 0) is 12.8 Å². The summed E-state index contributed by atoms with van der Waals surface area (Å²) in [6, 6.07) is 4.68. The van der Waals surface area contributed by atoms with Gasteiger partial charge in [0.05, 0.1) is 5.84 Å². The molecule has 0 amide bonds. The molecule has 18 heavy (non-hydrogen) atoms. The summed E-state index contributed by atoms with van der Waals surface area (Å²) in [4.78, 5) is 6.99. The van der Waals surface area contributed by atoms with Crippen molar-refractivity contribution in [1.82, 2.24) is 4.98 Å². The molecule has 0 radical (unpaired) electrons. The maximum absolute atomic E-state index is 7.34. The van der Waals surface area contributed by atoms with Gasteiger partial charge in [-0.1, -0.05) is 6.07 Å². The first-order chi connectivity index (χ1) is 8.58. The lowest BCUT2D eigenvalue weighted by atomic mass is 10.2. The average Bonchev–Trinajstić information content (AvgIpc) is 2.75. The zero-order chi connectivity index (χ0) is 13.1. The monoisotopic (exact) mass is 246 g/mol. The van der Waals surface area contributed by atoms with Crippen LogP contribution in [0.15, 0.2) is 12.1 Å². The van der Waals surface area contributed by atoms with Crippen molar-refractivity contribution in [3.63, 3.8) is 0 Å². The summed E-state index contributed by atoms with van der Waals surface area (Å²) in [6.07, 6.45) is 4.08. The first-order valence-electron chi connectivity index (χ1n) is 6.66. The number of fused-ring (bicyclic) bond motifs is 1. The molecular formula is C14H22N4. The van der Waals surface area contributed by atoms with Crippen LogP contribution < -0.4 is 10.6 Å². The molecular weight excluding hydrogens is 224 g/mol. The maximum Gasteiger partial charge on any atom is 0.129 e. The number of amidine groups is 1. The zero-order valence-corrected chi connectivity index (χ0v) is 11.2. The van der Waals surface area contributed by atoms with E-state index in [4.69, 9.17) is 16.1 Å². The van der Waals surface area contributed by atoms with Crippen molar-refractivity contribution in [2.24, 2.45) is 5.73 Å². The molecule has 0 bridgehead atoms. The number of hydrogen-bond donors (Lipinski definition) is 2. The topological polar surface area (TPSA) is 66.0 Å². The Morgan fingerprint density at radius 3 is 2.89 bits per heavy atom. The minimum Gasteiger partial charge on any atom is -0.388 e. The Labute approximate surface area is 109 Å². The molecule has 0 aliphatic heterocycles. The number of rotatable bonds is 5. The van der Waals surface area contributed by atoms with Crippen LogP contribution in [-0.4, -0.2) is 23.4 Å². The Morgan fingerprint density at radius 1 is 1.44 bits per heavy atom. The van der Waals surface area contributed by atoms with Crippen LogP contribution in [0, 0.1) is 5.41 Å². The Hall–Kier alpha value is -1.58. The highest BCUT2D eigenvalue weighted by atomic mass is 15.2. The number of aromatic nitrogens is 1. The number of nitrogens with zero attached hydrogens (tertiary/aromatic N) is 2. The highest BCUT2D eigenvalue weighted by Crippen LogP contribution is 2.24. The molecule has 0 saturated heterocycles. The van der Waals surface area contributed by atoms with Crippen LogP contribution in [0.1, 0.15) is 37.9 Å². The van der Waals surface area contributed by atoms with Crippen LogP contribution in [0.2, 0.25) is 0 Å². The zero-order valence-electron chi connectivity index (χ0n) is 11.2. The maximum atomic E-state index is 7.34. The molecule has 0 atom stereocenters. The molecule has 3 N–H and O–H groups in total. The lowest BCUT2D eigenvalue weighted by molar-refractivity contribution is 0.677. The molecule has 98 valence electrons. The van der Waals surface area contributed by atoms with Gasteiger partial charge < -0.3 is 10.6 Å². The molecule has 0 aromatic carbocycles. The van der Waals surface area contributed by atoms with E-state index in [0.717, 1.165) is 25.2 Å². The molecule has 1 aromatic heterocycles. The SMILES string of the molecule is CC(C)N(CCC(=N)N)c1ccc2c(n1)CCC2. The summed E-state index contributed by atoms with van der Waals surface area (Å²) in [7, 11) is 0. The van der Waals surface area contributed by atoms with Crippen molar-refractivity contribution in [3.05, 3.63) is 23.4 Å². The van der Waals surface area contributed by atoms with Gasteiger partial charge in [0, 0.05) is 24.7 Å². The van der Waals surface area contributed by atoms with Crippen LogP contribution in [0.25, 0.3) is 0 Å². The summed E-state index contributed by atoms with van der Waals surface area (Å²) >= 11 is 0. The second-order valence-corrected chi connectivity index (χ2v) is 5.19. The third kappa shape index (κ3) is 2.81. The molecule has 1 aromatic rings. The van der Waals surface area contributed by atoms with Crippen molar-refractivity contribution >= 4 is 11.7 Å². The lowest BCUT2D eigenvalue weighted by Gasteiger charge is -2.28. The van der Waals surface area contributed by atoms with Crippen LogP contribution >= 0.6 is 0 Å². The van der Waals surface area contributed by atoms with E-state index in [9.17, 15) is 0 Å². The smallest absolute Gasteiger partial charge is 0.129 e. The standard InChI is InChI=1S/C14H22N4/c1-10(2)18(9-8-13(15)16)14-7-6-11-4-3-5-12(11)17-14/h6-7,10H,3-5,8-9H2,1-2H3,(H3,15,16). The average molecular weight is 246 g/mol. The molecule has 4 heteroatoms. The molecule has 4 nitrogen and oxygen atoms in total. The summed E-state index contributed by atoms with van der Waals surface area (Å²) in [6.45, 7) is 5.06. The largest absolute Gasteiger partial charge is 0.388 e. The molecule has 0 saturated carbocycles. The van der Waals surface area contributed by atoms with Gasteiger partial charge in [-0.05, 0) is 44.7 Å². The van der Waals surface area contributed by atoms with Gasteiger partial charge in [-0.3, -0.25) is 5.41 Å². The minimum atomic E-state index is 0.238. The molecule has 2 rings (SSSR count). The Bertz CT molecular complexity index is 439. The van der Waals surface area contributed by atoms with E-state index in [1.54, 1.807) is 0 Å². The van der Waals surface area contributed by atoms with E-state index >= 15 is 0 Å². The predicted molar refractivity (Wildman–Crippen MR) is 75.3 cm³/mol. The van der Waals surface area contributed by atoms with Gasteiger partial charge in [-0.2, -0.15) is 0 Å². The number of nitrogens with two attached hydrogens (primary N) is 1. The highest BCUT2D eigenvalue weighted by Gasteiger charge is 2.17. The van der Waals surface area contributed by atoms with E-state index in [1.165, 1.54) is 17.7 Å². The third-order valence-corrected chi connectivity index (χ3v) is 3.45. The van der Waals surface area contributed by atoms with E-state index < -0.39 is 0 Å². The van der Waals surface area contributed by atoms with Crippen LogP contribution in [0.5, 0.6) is 0 Å². The van der Waals surface area contributed by atoms with E-state index in [2.05, 4.69) is 30.9 Å². The number of anilines is 1. The fourth-order valence-corrected chi connectivity index (χ4v) is 2.45. The fourth-order valence-electron chi connectivity index (χ4n) is 2.45. The van der Waals surface area contributed by atoms with Gasteiger partial charge in [0.1, 0.15) is 5.82 Å². The first-order valence-corrected chi connectivity index (χ1v) is 6.66. The Kier molecular flexibility index (Phi) is 3.84. The highest BCUT2D eigenvalue weighted by molar-refractivity contribution is 5.77. The number of nitrogens with one attached hydrogen (secondary N) is 1. The fraction of sp³-hybridized carbons (Fsp3) is 0.571. The van der Waals surface area contributed by atoms with Crippen molar-refractivity contribution < 1.29 is 0 Å². The van der Waals surface area contributed by atoms with E-state index in [0.29, 0.717) is 12.5 Å². The second-order valence-electron chi connectivity index (χ2n) is 5.19. The van der Waals surface area contributed by atoms with Gasteiger partial charge in [0.25, 0.3) is 0 Å². The van der Waals surface area contributed by atoms with Crippen molar-refractivity contribution in [3.8, 4) is 0 Å². The second kappa shape index (κ2) is 5.38. The molecule has 1 heterocycles. The molecule has 0 fully saturated rings. The summed E-state index contributed by atoms with van der Waals surface area (Å²) in [5.41, 5.74) is 8.09. The van der Waals surface area contributed by atoms with E-state index in [1.807, 2.05) is 0 Å². The van der Waals surface area contributed by atoms with Crippen molar-refractivity contribution in [2.45, 2.75) is 45.6 Å². The third-order valence-electron chi connectivity index (χ3n) is 3.45. The molecule has 0 spiro atoms. The Balaban J connectivity index is 2.17. The van der Waals surface area contributed by atoms with Crippen LogP contribution in [0.3, 0.4) is 0 Å². The van der Waals surface area contributed by atoms with Crippen LogP contribution in [0.4, 0.5) is 5.82 Å². The van der Waals surface area contributed by atoms with Crippen molar-refractivity contribution in [2.75, 3.05) is 11.4 Å². The molecule has 0 unspecified atom stereocenters. The summed E-state index contributed by atoms with van der Waals surface area (Å²) < 4.78 is 0. The predicted octanol–water partition coefficient (Wildman–Crippen LogP) is 2.11. The van der Waals surface area contributed by atoms with E-state index in [-0.39, 0.29) is 5.84 Å². The molecule has 1 aliphatic rings. The molecule has 1 aliphatic carbocycles. The minimum absolute atomic E-state index is 0.238. The number of pyridine rings is 1. The van der Waals surface area contributed by atoms with Gasteiger partial charge in [0.15, 0.2) is 0 Å². The van der Waals surface area contributed by atoms with Gasteiger partial charge >= 0.3 is 0 Å². The first kappa shape index (κ1) is 12.9. The van der Waals surface area contributed by atoms with Gasteiger partial charge in [-0.15, -0.1) is 0 Å². The van der Waals surface area contributed by atoms with Crippen molar-refractivity contribution in [1.29, 1.82) is 5.41 Å². The van der Waals surface area contributed by atoms with Gasteiger partial charge in [0.2, 0.25) is 0 Å². The van der Waals surface area contributed by atoms with Gasteiger partial charge in [-0.25, -0.2) is 4.98 Å². The normalized spacial score (nSPS) is 13.7. The number of aryl methyl sites for hydroxylation is 2. The lowest BCUT2D eigenvalue weighted by Crippen LogP contribution is -2.34. The number of hydrogen-bond acceptors (Lipinski definition) is 3. The quantitative estimate of drug-likeness (QED) is 0.617. The summed E-state index contributed by atoms with van der Waals surface area (Å²) in [5.74, 6) is 1.26. The summed E-state index contributed by atoms with van der Waals surface area (Å²) in [5, 5.41) is 7.34. The Morgan fingerprint density at radius 2 is 2.22 bits per heavy atom.